The quantitative estimate of drug-likeness (QED) is 0.133. The molecule has 0 bridgehead atoms. The number of aromatic nitrogens is 2. The number of furan rings is 1. The molecule has 0 spiro atoms. The number of carbonyl (C=O) groups excluding carboxylic acids is 1. The van der Waals surface area contributed by atoms with E-state index in [-0.39, 0.29) is 30.3 Å². The number of anilines is 1. The first-order chi connectivity index (χ1) is 24.8. The van der Waals surface area contributed by atoms with Gasteiger partial charge in [-0.15, -0.1) is 0 Å². The molecule has 11 nitrogen and oxygen atoms in total. The van der Waals surface area contributed by atoms with Gasteiger partial charge in [0.1, 0.15) is 23.9 Å². The van der Waals surface area contributed by atoms with E-state index in [1.807, 2.05) is 36.4 Å². The molecule has 1 atom stereocenters. The lowest BCUT2D eigenvalue weighted by molar-refractivity contribution is 0.0781. The van der Waals surface area contributed by atoms with Gasteiger partial charge in [-0.25, -0.2) is 9.37 Å². The van der Waals surface area contributed by atoms with Gasteiger partial charge >= 0.3 is 0 Å². The largest absolute Gasteiger partial charge is 0.493 e. The molecule has 51 heavy (non-hydrogen) atoms. The van der Waals surface area contributed by atoms with Gasteiger partial charge in [0.15, 0.2) is 11.5 Å². The minimum absolute atomic E-state index is 0.00899. The van der Waals surface area contributed by atoms with Crippen molar-refractivity contribution in [3.63, 3.8) is 0 Å². The summed E-state index contributed by atoms with van der Waals surface area (Å²) in [7, 11) is 6.35. The third-order valence-corrected chi connectivity index (χ3v) is 9.65. The molecule has 6 rings (SSSR count). The molecule has 1 amide bonds. The lowest BCUT2D eigenvalue weighted by Crippen LogP contribution is -2.40. The first kappa shape index (κ1) is 35.7. The fourth-order valence-corrected chi connectivity index (χ4v) is 6.85. The molecule has 12 heteroatoms. The van der Waals surface area contributed by atoms with E-state index >= 15 is 0 Å². The Balaban J connectivity index is 1.09. The molecular weight excluding hydrogens is 653 g/mol. The number of imidazole rings is 1. The number of para-hydroxylation sites is 2. The topological polar surface area (TPSA) is 114 Å². The van der Waals surface area contributed by atoms with Crippen molar-refractivity contribution in [2.24, 2.45) is 0 Å². The number of hydrogen-bond acceptors (Lipinski definition) is 9. The minimum atomic E-state index is -0.290. The highest BCUT2D eigenvalue weighted by Crippen LogP contribution is 2.38. The highest BCUT2D eigenvalue weighted by molar-refractivity contribution is 5.95. The number of rotatable bonds is 15. The summed E-state index contributed by atoms with van der Waals surface area (Å²) in [5.74, 6) is 2.86. The van der Waals surface area contributed by atoms with Gasteiger partial charge in [-0.3, -0.25) is 4.79 Å². The molecule has 3 heterocycles. The van der Waals surface area contributed by atoms with Crippen LogP contribution < -0.4 is 19.5 Å². The number of likely N-dealkylation sites (tertiary alicyclic amines) is 1. The average molecular weight is 700 g/mol. The zero-order valence-electron chi connectivity index (χ0n) is 29.6. The monoisotopic (exact) mass is 699 g/mol. The van der Waals surface area contributed by atoms with Crippen molar-refractivity contribution in [1.29, 1.82) is 0 Å². The number of piperidine rings is 1. The molecule has 1 saturated heterocycles. The average Bonchev–Trinajstić information content (AvgIpc) is 3.77. The Hall–Kier alpha value is -5.07. The number of amides is 1. The van der Waals surface area contributed by atoms with Crippen molar-refractivity contribution in [3.8, 4) is 17.2 Å². The minimum Gasteiger partial charge on any atom is -0.493 e. The van der Waals surface area contributed by atoms with E-state index in [0.29, 0.717) is 41.7 Å². The van der Waals surface area contributed by atoms with E-state index in [0.717, 1.165) is 67.2 Å². The van der Waals surface area contributed by atoms with Gasteiger partial charge in [0.05, 0.1) is 38.9 Å². The number of fused-ring (bicyclic) bond motifs is 1. The molecule has 5 aromatic rings. The van der Waals surface area contributed by atoms with E-state index in [4.69, 9.17) is 23.6 Å². The second-order valence-corrected chi connectivity index (χ2v) is 12.9. The first-order valence-corrected chi connectivity index (χ1v) is 17.2. The summed E-state index contributed by atoms with van der Waals surface area (Å²) in [6, 6.07) is 21.9. The van der Waals surface area contributed by atoms with E-state index in [2.05, 4.69) is 20.9 Å². The third-order valence-electron chi connectivity index (χ3n) is 9.65. The number of ether oxygens (including phenoxy) is 3. The van der Waals surface area contributed by atoms with Gasteiger partial charge < -0.3 is 43.4 Å². The molecule has 0 saturated carbocycles. The highest BCUT2D eigenvalue weighted by atomic mass is 19.1. The molecule has 1 aliphatic heterocycles. The van der Waals surface area contributed by atoms with Crippen LogP contribution in [0.15, 0.2) is 77.2 Å². The zero-order valence-corrected chi connectivity index (χ0v) is 29.6. The molecule has 2 N–H and O–H groups in total. The van der Waals surface area contributed by atoms with Crippen LogP contribution in [0.4, 0.5) is 10.3 Å². The maximum atomic E-state index is 13.9. The Kier molecular flexibility index (Phi) is 11.4. The summed E-state index contributed by atoms with van der Waals surface area (Å²) in [5.41, 5.74) is 3.33. The molecule has 1 unspecified atom stereocenters. The van der Waals surface area contributed by atoms with E-state index < -0.39 is 0 Å². The zero-order chi connectivity index (χ0) is 35.9. The molecule has 3 aromatic carbocycles. The summed E-state index contributed by atoms with van der Waals surface area (Å²) in [6.45, 7) is 3.47. The maximum Gasteiger partial charge on any atom is 0.253 e. The van der Waals surface area contributed by atoms with Crippen LogP contribution in [0.2, 0.25) is 0 Å². The van der Waals surface area contributed by atoms with Gasteiger partial charge in [-0.05, 0) is 79.9 Å². The number of carbonyl (C=O) groups is 1. The second kappa shape index (κ2) is 16.3. The fraction of sp³-hybridized carbons (Fsp3) is 0.385. The Morgan fingerprint density at radius 2 is 1.69 bits per heavy atom. The lowest BCUT2D eigenvalue weighted by atomic mass is 9.94. The molecule has 1 aliphatic rings. The number of halogens is 1. The Bertz CT molecular complexity index is 1890. The predicted octanol–water partition coefficient (Wildman–Crippen LogP) is 6.16. The first-order valence-electron chi connectivity index (χ1n) is 17.2. The van der Waals surface area contributed by atoms with Crippen LogP contribution in [-0.2, 0) is 13.2 Å². The van der Waals surface area contributed by atoms with Crippen molar-refractivity contribution in [2.75, 3.05) is 59.9 Å². The SMILES string of the molecule is COc1cc(C(=O)N(C)CC(CCN2CCC(Nc3nc4ccccc4n3Cc3ccc(CO)o3)CC2)c2ccc(F)cc2)cc(OC)c1OC. The van der Waals surface area contributed by atoms with Crippen LogP contribution >= 0.6 is 0 Å². The highest BCUT2D eigenvalue weighted by Gasteiger charge is 2.25. The van der Waals surface area contributed by atoms with Crippen molar-refractivity contribution < 1.29 is 32.9 Å². The Morgan fingerprint density at radius 3 is 2.33 bits per heavy atom. The normalized spacial score (nSPS) is 14.4. The van der Waals surface area contributed by atoms with E-state index in [9.17, 15) is 14.3 Å². The third kappa shape index (κ3) is 8.29. The molecule has 0 radical (unpaired) electrons. The fourth-order valence-electron chi connectivity index (χ4n) is 6.85. The van der Waals surface area contributed by atoms with Gasteiger partial charge in [0, 0.05) is 44.2 Å². The van der Waals surface area contributed by atoms with E-state index in [1.54, 1.807) is 30.1 Å². The van der Waals surface area contributed by atoms with Crippen molar-refractivity contribution in [2.45, 2.75) is 44.4 Å². The number of hydrogen-bond donors (Lipinski definition) is 2. The van der Waals surface area contributed by atoms with Crippen molar-refractivity contribution in [3.05, 3.63) is 101 Å². The number of nitrogens with zero attached hydrogens (tertiary/aromatic N) is 4. The summed E-state index contributed by atoms with van der Waals surface area (Å²) < 4.78 is 38.2. The van der Waals surface area contributed by atoms with Crippen LogP contribution in [0, 0.1) is 5.82 Å². The van der Waals surface area contributed by atoms with Crippen molar-refractivity contribution in [1.82, 2.24) is 19.4 Å². The number of aliphatic hydroxyl groups is 1. The predicted molar refractivity (Wildman–Crippen MR) is 193 cm³/mol. The maximum absolute atomic E-state index is 13.9. The van der Waals surface area contributed by atoms with Crippen LogP contribution in [0.5, 0.6) is 17.2 Å². The molecule has 0 aliphatic carbocycles. The van der Waals surface area contributed by atoms with Gasteiger partial charge in [0.2, 0.25) is 11.7 Å². The summed E-state index contributed by atoms with van der Waals surface area (Å²) >= 11 is 0. The van der Waals surface area contributed by atoms with Crippen LogP contribution in [0.25, 0.3) is 11.0 Å². The standard InChI is InChI=1S/C39H46FN5O6/c1-43(38(47)28-21-35(48-2)37(50-4)36(22-28)49-3)23-27(26-9-11-29(40)12-10-26)15-18-44-19-16-30(17-20-44)41-39-42-33-7-5-6-8-34(33)45(39)24-31-13-14-32(25-46)51-31/h5-14,21-22,27,30,46H,15-20,23-25H2,1-4H3,(H,41,42). The molecule has 2 aromatic heterocycles. The van der Waals surface area contributed by atoms with Crippen LogP contribution in [0.1, 0.15) is 52.6 Å². The summed E-state index contributed by atoms with van der Waals surface area (Å²) in [4.78, 5) is 22.7. The Labute approximate surface area is 297 Å². The number of likely N-dealkylation sites (N-methyl/N-ethyl adjacent to an activating group) is 1. The Morgan fingerprint density at radius 1 is 1.00 bits per heavy atom. The van der Waals surface area contributed by atoms with Gasteiger partial charge in [-0.2, -0.15) is 0 Å². The van der Waals surface area contributed by atoms with E-state index in [1.165, 1.54) is 33.5 Å². The molecular formula is C39H46FN5O6. The van der Waals surface area contributed by atoms with Gasteiger partial charge in [0.25, 0.3) is 5.91 Å². The number of aliphatic hydroxyl groups excluding tert-OH is 1. The molecule has 1 fully saturated rings. The lowest BCUT2D eigenvalue weighted by Gasteiger charge is -2.34. The summed E-state index contributed by atoms with van der Waals surface area (Å²) in [6.07, 6.45) is 2.68. The van der Waals surface area contributed by atoms with Gasteiger partial charge in [-0.1, -0.05) is 24.3 Å². The smallest absolute Gasteiger partial charge is 0.253 e. The number of benzene rings is 3. The number of methoxy groups -OCH3 is 3. The van der Waals surface area contributed by atoms with Crippen LogP contribution in [-0.4, -0.2) is 91.0 Å². The van der Waals surface area contributed by atoms with Crippen LogP contribution in [0.3, 0.4) is 0 Å². The molecule has 270 valence electrons. The van der Waals surface area contributed by atoms with Crippen molar-refractivity contribution >= 4 is 22.9 Å². The summed E-state index contributed by atoms with van der Waals surface area (Å²) in [5, 5.41) is 13.2. The second-order valence-electron chi connectivity index (χ2n) is 12.9. The number of nitrogens with one attached hydrogen (secondary N) is 1.